The molecule has 2 aromatic rings. The summed E-state index contributed by atoms with van der Waals surface area (Å²) in [5, 5.41) is 24.3. The average molecular weight is 963 g/mol. The Morgan fingerprint density at radius 2 is 1.29 bits per heavy atom. The van der Waals surface area contributed by atoms with Gasteiger partial charge < -0.3 is 55.8 Å². The van der Waals surface area contributed by atoms with Gasteiger partial charge in [0.15, 0.2) is 7.28 Å². The van der Waals surface area contributed by atoms with Gasteiger partial charge in [0.25, 0.3) is 6.47 Å². The second kappa shape index (κ2) is 44.3. The van der Waals surface area contributed by atoms with E-state index in [0.717, 1.165) is 78.2 Å². The molecule has 3 N–H and O–H groups in total. The molecule has 1 radical (unpaired) electrons. The van der Waals surface area contributed by atoms with E-state index in [9.17, 15) is 19.4 Å². The van der Waals surface area contributed by atoms with Crippen molar-refractivity contribution in [3.05, 3.63) is 71.8 Å². The average Bonchev–Trinajstić information content (AvgIpc) is 3.92. The molecule has 3 atom stereocenters. The summed E-state index contributed by atoms with van der Waals surface area (Å²) in [6.45, 7) is 13.3. The van der Waals surface area contributed by atoms with Crippen LogP contribution in [0.1, 0.15) is 63.9 Å². The number of ether oxygens (including phenoxy) is 4. The molecule has 353 valence electrons. The first-order valence-corrected chi connectivity index (χ1v) is 21.7. The Hall–Kier alpha value is -0.927. The van der Waals surface area contributed by atoms with Crippen molar-refractivity contribution in [3.8, 4) is 0 Å². The fraction of sp³-hybridized carbons (Fsp3) is 0.614. The van der Waals surface area contributed by atoms with Crippen molar-refractivity contribution in [2.45, 2.75) is 96.2 Å². The van der Waals surface area contributed by atoms with Gasteiger partial charge in [-0.05, 0) is 50.2 Å². The van der Waals surface area contributed by atoms with Crippen molar-refractivity contribution in [3.63, 3.8) is 0 Å². The molecule has 0 aliphatic carbocycles. The zero-order valence-electron chi connectivity index (χ0n) is 41.0. The molecule has 4 aliphatic heterocycles. The van der Waals surface area contributed by atoms with Crippen molar-refractivity contribution in [1.82, 2.24) is 25.2 Å². The van der Waals surface area contributed by atoms with Gasteiger partial charge >= 0.3 is 128 Å². The maximum atomic E-state index is 11.9. The molecule has 3 unspecified atom stereocenters. The van der Waals surface area contributed by atoms with E-state index >= 15 is 0 Å². The van der Waals surface area contributed by atoms with Crippen LogP contribution >= 0.6 is 0 Å². The van der Waals surface area contributed by atoms with Gasteiger partial charge in [-0.1, -0.05) is 73.9 Å². The van der Waals surface area contributed by atoms with Crippen molar-refractivity contribution in [2.24, 2.45) is 0 Å². The van der Waals surface area contributed by atoms with E-state index in [1.54, 1.807) is 13.6 Å². The molecule has 21 heteroatoms. The first kappa shape index (κ1) is 66.2. The third-order valence-electron chi connectivity index (χ3n) is 10.3. The number of esters is 3. The molecular weight excluding hydrogens is 890 g/mol. The number of benzene rings is 2. The van der Waals surface area contributed by atoms with E-state index in [2.05, 4.69) is 83.3 Å². The SMILES string of the molecule is C1CCOC1.COC(=O)CC1CCCCN1.COC(=O)CC1CN(B(C)O)CCN1.COC(=O)CC1CN(Cc2ccccc2)CCN1Cc1ccccc1.C[B]C=O.O=CO[O-].[H-].[K+].[K+]. The Kier molecular flexibility index (Phi) is 45.1. The van der Waals surface area contributed by atoms with E-state index in [1.165, 1.54) is 65.4 Å². The van der Waals surface area contributed by atoms with Gasteiger partial charge in [0.05, 0.1) is 46.8 Å². The maximum absolute atomic E-state index is 11.9. The summed E-state index contributed by atoms with van der Waals surface area (Å²) in [6.07, 6.45) is 8.20. The monoisotopic (exact) mass is 962 g/mol. The van der Waals surface area contributed by atoms with E-state index < -0.39 is 7.05 Å². The molecule has 2 aromatic carbocycles. The minimum absolute atomic E-state index is 0. The molecule has 0 bridgehead atoms. The number of carbonyl (C=O) groups excluding carboxylic acids is 5. The minimum atomic E-state index is -0.447. The van der Waals surface area contributed by atoms with Crippen LogP contribution in [0.4, 0.5) is 0 Å². The normalized spacial score (nSPS) is 18.9. The number of piperidine rings is 1. The first-order chi connectivity index (χ1) is 30.5. The molecule has 0 amide bonds. The summed E-state index contributed by atoms with van der Waals surface area (Å²) in [5.41, 5.74) is 2.60. The summed E-state index contributed by atoms with van der Waals surface area (Å²) in [7, 11) is 5.29. The van der Waals surface area contributed by atoms with Gasteiger partial charge in [-0.2, -0.15) is 0 Å². The minimum Gasteiger partial charge on any atom is -1.00 e. The molecular formula is C44H72B2K2N5O12. The summed E-state index contributed by atoms with van der Waals surface area (Å²) >= 11 is 0. The Balaban J connectivity index is -0.000000823. The molecule has 4 heterocycles. The quantitative estimate of drug-likeness (QED) is 0.0435. The Morgan fingerprint density at radius 3 is 1.74 bits per heavy atom. The second-order valence-corrected chi connectivity index (χ2v) is 15.1. The van der Waals surface area contributed by atoms with Gasteiger partial charge in [0, 0.05) is 83.7 Å². The smallest absolute Gasteiger partial charge is 1.00 e. The number of rotatable bonds is 13. The van der Waals surface area contributed by atoms with E-state index in [1.807, 2.05) is 16.9 Å². The van der Waals surface area contributed by atoms with Crippen LogP contribution in [0.3, 0.4) is 0 Å². The fourth-order valence-electron chi connectivity index (χ4n) is 6.94. The maximum Gasteiger partial charge on any atom is 1.00 e. The second-order valence-electron chi connectivity index (χ2n) is 15.1. The molecule has 6 rings (SSSR count). The molecule has 17 nitrogen and oxygen atoms in total. The van der Waals surface area contributed by atoms with Gasteiger partial charge in [0.2, 0.25) is 0 Å². The van der Waals surface area contributed by atoms with Crippen molar-refractivity contribution in [2.75, 3.05) is 80.4 Å². The fourth-order valence-corrected chi connectivity index (χ4v) is 6.94. The van der Waals surface area contributed by atoms with Crippen LogP contribution in [0, 0.1) is 0 Å². The van der Waals surface area contributed by atoms with Gasteiger partial charge in [0.1, 0.15) is 0 Å². The Labute approximate surface area is 475 Å². The summed E-state index contributed by atoms with van der Waals surface area (Å²) in [6, 6.07) is 21.6. The van der Waals surface area contributed by atoms with E-state index in [0.29, 0.717) is 31.8 Å². The zero-order valence-corrected chi connectivity index (χ0v) is 46.3. The molecule has 0 spiro atoms. The predicted molar refractivity (Wildman–Crippen MR) is 242 cm³/mol. The molecule has 4 saturated heterocycles. The van der Waals surface area contributed by atoms with Crippen LogP contribution in [-0.2, 0) is 60.9 Å². The Morgan fingerprint density at radius 1 is 0.785 bits per heavy atom. The van der Waals surface area contributed by atoms with E-state index in [-0.39, 0.29) is 141 Å². The van der Waals surface area contributed by atoms with Crippen LogP contribution in [0.25, 0.3) is 0 Å². The van der Waals surface area contributed by atoms with Crippen LogP contribution in [0.15, 0.2) is 60.7 Å². The zero-order chi connectivity index (χ0) is 46.5. The standard InChI is InChI=1S/C21H26N2O2.C8H17BN2O3.C8H15NO2.C4H8O.C2H4BO.CH2O3.2K.H/c1-25-21(24)14-20-17-22(15-18-8-4-2-5-9-18)12-13-23(20)16-19-10-6-3-7-11-19;1-9(13)11-4-3-10-7(6-11)5-8(12)14-2;1-11-8(10)6-7-4-2-3-5-9-7;1-2-4-5-3-1;1-3-2-4;2-1-4-3;;;/h2-11,20H,12-17H2,1H3;7,10,13H,3-6H2,1-2H3;7,9H,2-6H2,1H3;1-4H2;2H,1H3;1,3H;;;/q;;;;;;2*+1;-1/p-1. The van der Waals surface area contributed by atoms with E-state index in [4.69, 9.17) is 24.3 Å². The largest absolute Gasteiger partial charge is 1.00 e. The van der Waals surface area contributed by atoms with Crippen LogP contribution in [0.2, 0.25) is 13.6 Å². The topological polar surface area (TPSA) is 209 Å². The molecule has 4 fully saturated rings. The molecule has 65 heavy (non-hydrogen) atoms. The number of methoxy groups -OCH3 is 3. The predicted octanol–water partition coefficient (Wildman–Crippen LogP) is -4.16. The van der Waals surface area contributed by atoms with Crippen LogP contribution in [-0.4, -0.2) is 163 Å². The van der Waals surface area contributed by atoms with Gasteiger partial charge in [-0.3, -0.25) is 29.0 Å². The molecule has 4 aliphatic rings. The number of nitrogens with one attached hydrogen (secondary N) is 2. The number of piperazine rings is 2. The first-order valence-electron chi connectivity index (χ1n) is 21.7. The Bertz CT molecular complexity index is 1480. The van der Waals surface area contributed by atoms with Crippen LogP contribution < -0.4 is 119 Å². The number of carbonyl (C=O) groups is 5. The summed E-state index contributed by atoms with van der Waals surface area (Å²) in [4.78, 5) is 60.9. The molecule has 0 saturated carbocycles. The number of hydrogen-bond donors (Lipinski definition) is 3. The number of nitrogens with zero attached hydrogens (tertiary/aromatic N) is 3. The van der Waals surface area contributed by atoms with Gasteiger partial charge in [-0.25, -0.2) is 0 Å². The number of hydrogen-bond acceptors (Lipinski definition) is 17. The third kappa shape index (κ3) is 34.1. The van der Waals surface area contributed by atoms with Crippen LogP contribution in [0.5, 0.6) is 0 Å². The summed E-state index contributed by atoms with van der Waals surface area (Å²) < 4.78 is 19.0. The van der Waals surface area contributed by atoms with Gasteiger partial charge in [-0.15, -0.1) is 0 Å². The summed E-state index contributed by atoms with van der Waals surface area (Å²) in [5.74, 6) is -0.455. The third-order valence-corrected chi connectivity index (χ3v) is 10.3. The van der Waals surface area contributed by atoms with Crippen molar-refractivity contribution < 1.29 is 162 Å². The molecule has 0 aromatic heterocycles. The van der Waals surface area contributed by atoms with Crippen molar-refractivity contribution in [1.29, 1.82) is 0 Å². The van der Waals surface area contributed by atoms with Crippen molar-refractivity contribution >= 4 is 44.9 Å².